The van der Waals surface area contributed by atoms with Gasteiger partial charge in [-0.05, 0) is 32.9 Å². The van der Waals surface area contributed by atoms with Gasteiger partial charge in [0.1, 0.15) is 11.3 Å². The third-order valence-electron chi connectivity index (χ3n) is 5.32. The first-order valence-electron chi connectivity index (χ1n) is 10.1. The van der Waals surface area contributed by atoms with E-state index >= 15 is 0 Å². The highest BCUT2D eigenvalue weighted by Crippen LogP contribution is 2.37. The fourth-order valence-electron chi connectivity index (χ4n) is 3.85. The molecule has 1 aromatic carbocycles. The maximum Gasteiger partial charge on any atom is 0.344 e. The number of amides is 2. The second kappa shape index (κ2) is 8.37. The highest BCUT2D eigenvalue weighted by Gasteiger charge is 2.37. The zero-order valence-corrected chi connectivity index (χ0v) is 17.9. The van der Waals surface area contributed by atoms with Gasteiger partial charge in [0.05, 0.1) is 18.1 Å². The Bertz CT molecular complexity index is 1120. The molecule has 2 aromatic rings. The summed E-state index contributed by atoms with van der Waals surface area (Å²) >= 11 is 0. The van der Waals surface area contributed by atoms with Crippen molar-refractivity contribution in [3.8, 4) is 11.5 Å². The van der Waals surface area contributed by atoms with Crippen LogP contribution < -0.4 is 19.7 Å². The Morgan fingerprint density at radius 3 is 2.66 bits per heavy atom. The molecule has 0 saturated carbocycles. The van der Waals surface area contributed by atoms with Crippen LogP contribution in [0.25, 0.3) is 0 Å². The van der Waals surface area contributed by atoms with E-state index in [9.17, 15) is 19.2 Å². The summed E-state index contributed by atoms with van der Waals surface area (Å²) in [5.74, 6) is -1.42. The summed E-state index contributed by atoms with van der Waals surface area (Å²) in [6, 6.07) is 5.12. The summed E-state index contributed by atoms with van der Waals surface area (Å²) < 4.78 is 21.2. The number of esters is 1. The molecular weight excluding hydrogens is 420 g/mol. The molecule has 1 atom stereocenters. The Balaban J connectivity index is 1.54. The number of Topliss-reactive ketones (excluding diaryl/α,β-unsaturated/α-hetero) is 1. The van der Waals surface area contributed by atoms with Crippen LogP contribution in [-0.4, -0.2) is 43.5 Å². The second-order valence-electron chi connectivity index (χ2n) is 7.45. The Kier molecular flexibility index (Phi) is 5.60. The van der Waals surface area contributed by atoms with Gasteiger partial charge in [-0.25, -0.2) is 4.79 Å². The largest absolute Gasteiger partial charge is 0.462 e. The average molecular weight is 442 g/mol. The molecule has 32 heavy (non-hydrogen) atoms. The molecule has 10 heteroatoms. The number of hydrogen-bond donors (Lipinski definition) is 1. The van der Waals surface area contributed by atoms with E-state index in [0.29, 0.717) is 17.2 Å². The van der Waals surface area contributed by atoms with Crippen LogP contribution in [0, 0.1) is 12.8 Å². The SMILES string of the molecule is CCOC(=O)c1c(NC(=O)C2CC(=O)N(c3ccc4c(c3)OCO4)C2)oc(C)c1C(C)=O. The molecule has 1 aromatic heterocycles. The standard InChI is InChI=1S/C22H22N2O8/c1-4-29-22(28)19-18(11(2)25)12(3)32-21(19)23-20(27)13-7-17(26)24(9-13)14-5-6-15-16(8-14)31-10-30-15/h5-6,8,13H,4,7,9-10H2,1-3H3,(H,23,27). The molecule has 1 unspecified atom stereocenters. The summed E-state index contributed by atoms with van der Waals surface area (Å²) in [7, 11) is 0. The minimum atomic E-state index is -0.769. The lowest BCUT2D eigenvalue weighted by Crippen LogP contribution is -2.28. The minimum Gasteiger partial charge on any atom is -0.462 e. The fraction of sp³-hybridized carbons (Fsp3) is 0.364. The number of nitrogens with zero attached hydrogens (tertiary/aromatic N) is 1. The highest BCUT2D eigenvalue weighted by molar-refractivity contribution is 6.11. The van der Waals surface area contributed by atoms with Crippen LogP contribution in [0.15, 0.2) is 22.6 Å². The molecule has 10 nitrogen and oxygen atoms in total. The van der Waals surface area contributed by atoms with Gasteiger partial charge < -0.3 is 23.5 Å². The van der Waals surface area contributed by atoms with E-state index in [0.717, 1.165) is 0 Å². The van der Waals surface area contributed by atoms with Crippen LogP contribution in [0.2, 0.25) is 0 Å². The van der Waals surface area contributed by atoms with Crippen molar-refractivity contribution in [1.82, 2.24) is 0 Å². The lowest BCUT2D eigenvalue weighted by molar-refractivity contribution is -0.122. The van der Waals surface area contributed by atoms with Gasteiger partial charge in [-0.3, -0.25) is 19.7 Å². The van der Waals surface area contributed by atoms with E-state index in [-0.39, 0.29) is 60.8 Å². The maximum atomic E-state index is 12.9. The van der Waals surface area contributed by atoms with E-state index in [4.69, 9.17) is 18.6 Å². The fourth-order valence-corrected chi connectivity index (χ4v) is 3.85. The first kappa shape index (κ1) is 21.4. The van der Waals surface area contributed by atoms with Crippen LogP contribution in [0.1, 0.15) is 46.7 Å². The van der Waals surface area contributed by atoms with Crippen molar-refractivity contribution in [3.63, 3.8) is 0 Å². The van der Waals surface area contributed by atoms with Gasteiger partial charge in [-0.15, -0.1) is 0 Å². The smallest absolute Gasteiger partial charge is 0.344 e. The number of furan rings is 1. The molecule has 168 valence electrons. The summed E-state index contributed by atoms with van der Waals surface area (Å²) in [6.45, 7) is 4.80. The number of nitrogens with one attached hydrogen (secondary N) is 1. The van der Waals surface area contributed by atoms with Crippen molar-refractivity contribution in [2.75, 3.05) is 30.2 Å². The molecule has 3 heterocycles. The predicted octanol–water partition coefficient (Wildman–Crippen LogP) is 2.69. The Hall–Kier alpha value is -3.82. The van der Waals surface area contributed by atoms with Gasteiger partial charge in [0.25, 0.3) is 0 Å². The molecule has 0 bridgehead atoms. The van der Waals surface area contributed by atoms with Gasteiger partial charge in [0.2, 0.25) is 24.5 Å². The highest BCUT2D eigenvalue weighted by atomic mass is 16.7. The normalized spacial score (nSPS) is 16.9. The zero-order valence-electron chi connectivity index (χ0n) is 17.9. The summed E-state index contributed by atoms with van der Waals surface area (Å²) in [4.78, 5) is 51.4. The molecule has 0 radical (unpaired) electrons. The lowest BCUT2D eigenvalue weighted by atomic mass is 10.1. The van der Waals surface area contributed by atoms with E-state index in [1.54, 1.807) is 25.1 Å². The van der Waals surface area contributed by atoms with Crippen LogP contribution in [0.5, 0.6) is 11.5 Å². The van der Waals surface area contributed by atoms with Gasteiger partial charge in [-0.2, -0.15) is 0 Å². The third-order valence-corrected chi connectivity index (χ3v) is 5.32. The molecule has 1 fully saturated rings. The topological polar surface area (TPSA) is 124 Å². The van der Waals surface area contributed by atoms with Crippen LogP contribution in [0.3, 0.4) is 0 Å². The molecule has 0 spiro atoms. The predicted molar refractivity (Wildman–Crippen MR) is 111 cm³/mol. The number of fused-ring (bicyclic) bond motifs is 1. The average Bonchev–Trinajstić information content (AvgIpc) is 3.44. The number of hydrogen-bond acceptors (Lipinski definition) is 8. The third kappa shape index (κ3) is 3.79. The number of aryl methyl sites for hydroxylation is 1. The van der Waals surface area contributed by atoms with Crippen LogP contribution >= 0.6 is 0 Å². The zero-order chi connectivity index (χ0) is 23.0. The van der Waals surface area contributed by atoms with E-state index < -0.39 is 17.8 Å². The molecule has 2 aliphatic rings. The Morgan fingerprint density at radius 2 is 1.94 bits per heavy atom. The number of ketones is 1. The summed E-state index contributed by atoms with van der Waals surface area (Å²) in [6.07, 6.45) is -0.0196. The van der Waals surface area contributed by atoms with Crippen molar-refractivity contribution in [3.05, 3.63) is 35.1 Å². The summed E-state index contributed by atoms with van der Waals surface area (Å²) in [5, 5.41) is 2.56. The van der Waals surface area contributed by atoms with Crippen molar-refractivity contribution >= 4 is 35.1 Å². The maximum absolute atomic E-state index is 12.9. The summed E-state index contributed by atoms with van der Waals surface area (Å²) in [5.41, 5.74) is 0.528. The first-order valence-corrected chi connectivity index (χ1v) is 10.1. The van der Waals surface area contributed by atoms with Crippen LogP contribution in [0.4, 0.5) is 11.6 Å². The first-order chi connectivity index (χ1) is 15.3. The molecular formula is C22H22N2O8. The number of benzene rings is 1. The van der Waals surface area contributed by atoms with Gasteiger partial charge in [-0.1, -0.05) is 0 Å². The monoisotopic (exact) mass is 442 g/mol. The van der Waals surface area contributed by atoms with Crippen molar-refractivity contribution < 1.29 is 37.8 Å². The van der Waals surface area contributed by atoms with Crippen molar-refractivity contribution in [1.29, 1.82) is 0 Å². The molecule has 2 amide bonds. The number of anilines is 2. The molecule has 1 saturated heterocycles. The quantitative estimate of drug-likeness (QED) is 0.535. The second-order valence-corrected chi connectivity index (χ2v) is 7.45. The van der Waals surface area contributed by atoms with Crippen molar-refractivity contribution in [2.45, 2.75) is 27.2 Å². The molecule has 4 rings (SSSR count). The molecule has 0 aliphatic carbocycles. The van der Waals surface area contributed by atoms with Gasteiger partial charge in [0, 0.05) is 24.7 Å². The number of carbonyl (C=O) groups excluding carboxylic acids is 4. The van der Waals surface area contributed by atoms with Gasteiger partial charge in [0.15, 0.2) is 17.3 Å². The Morgan fingerprint density at radius 1 is 1.19 bits per heavy atom. The Labute approximate surface area is 183 Å². The number of rotatable bonds is 6. The van der Waals surface area contributed by atoms with Crippen molar-refractivity contribution in [2.24, 2.45) is 5.92 Å². The molecule has 1 N–H and O–H groups in total. The number of carbonyl (C=O) groups is 4. The molecule has 2 aliphatic heterocycles. The van der Waals surface area contributed by atoms with Gasteiger partial charge >= 0.3 is 5.97 Å². The van der Waals surface area contributed by atoms with Crippen LogP contribution in [-0.2, 0) is 14.3 Å². The van der Waals surface area contributed by atoms with E-state index in [1.807, 2.05) is 0 Å². The minimum absolute atomic E-state index is 0.0196. The lowest BCUT2D eigenvalue weighted by Gasteiger charge is -2.17. The number of ether oxygens (including phenoxy) is 3. The van der Waals surface area contributed by atoms with E-state index in [2.05, 4.69) is 5.32 Å². The van der Waals surface area contributed by atoms with E-state index in [1.165, 1.54) is 18.7 Å².